The standard InChI is InChI=1S/C7H12O5/c1-2-4(7(11)12)6(10)5(9)3-8/h4-5,8-9H,2-3H2,1H3,(H,11,12). The van der Waals surface area contributed by atoms with Crippen molar-refractivity contribution in [2.75, 3.05) is 6.61 Å². The van der Waals surface area contributed by atoms with E-state index in [0.717, 1.165) is 0 Å². The van der Waals surface area contributed by atoms with Gasteiger partial charge in [0.05, 0.1) is 6.61 Å². The van der Waals surface area contributed by atoms with E-state index >= 15 is 0 Å². The van der Waals surface area contributed by atoms with E-state index in [0.29, 0.717) is 0 Å². The number of rotatable bonds is 5. The van der Waals surface area contributed by atoms with Crippen molar-refractivity contribution < 1.29 is 24.9 Å². The van der Waals surface area contributed by atoms with Crippen LogP contribution in [-0.4, -0.2) is 39.8 Å². The summed E-state index contributed by atoms with van der Waals surface area (Å²) in [6, 6.07) is 0. The molecule has 2 atom stereocenters. The third kappa shape index (κ3) is 2.60. The van der Waals surface area contributed by atoms with Crippen molar-refractivity contribution in [3.05, 3.63) is 0 Å². The Morgan fingerprint density at radius 1 is 1.42 bits per heavy atom. The fourth-order valence-corrected chi connectivity index (χ4v) is 0.820. The Morgan fingerprint density at radius 3 is 2.17 bits per heavy atom. The highest BCUT2D eigenvalue weighted by Crippen LogP contribution is 2.06. The summed E-state index contributed by atoms with van der Waals surface area (Å²) in [5.74, 6) is -3.32. The molecule has 0 bridgehead atoms. The van der Waals surface area contributed by atoms with Gasteiger partial charge in [0.15, 0.2) is 5.78 Å². The van der Waals surface area contributed by atoms with E-state index in [1.54, 1.807) is 0 Å². The molecule has 0 heterocycles. The first-order valence-electron chi connectivity index (χ1n) is 3.60. The number of hydrogen-bond donors (Lipinski definition) is 3. The van der Waals surface area contributed by atoms with Crippen molar-refractivity contribution in [1.82, 2.24) is 0 Å². The highest BCUT2D eigenvalue weighted by molar-refractivity contribution is 6.00. The van der Waals surface area contributed by atoms with Gasteiger partial charge in [0.25, 0.3) is 0 Å². The maximum atomic E-state index is 11.0. The molecule has 0 saturated carbocycles. The molecule has 5 nitrogen and oxygen atoms in total. The molecular formula is C7H12O5. The molecule has 0 aromatic rings. The predicted molar refractivity (Wildman–Crippen MR) is 39.5 cm³/mol. The summed E-state index contributed by atoms with van der Waals surface area (Å²) in [7, 11) is 0. The molecule has 0 aliphatic carbocycles. The van der Waals surface area contributed by atoms with Gasteiger partial charge in [-0.2, -0.15) is 0 Å². The second-order valence-corrected chi connectivity index (χ2v) is 2.40. The van der Waals surface area contributed by atoms with Crippen molar-refractivity contribution >= 4 is 11.8 Å². The lowest BCUT2D eigenvalue weighted by atomic mass is 9.98. The number of ketones is 1. The summed E-state index contributed by atoms with van der Waals surface area (Å²) >= 11 is 0. The minimum absolute atomic E-state index is 0.116. The van der Waals surface area contributed by atoms with Gasteiger partial charge in [0.2, 0.25) is 0 Å². The van der Waals surface area contributed by atoms with E-state index in [1.165, 1.54) is 6.92 Å². The van der Waals surface area contributed by atoms with Crippen molar-refractivity contribution in [2.24, 2.45) is 5.92 Å². The zero-order valence-corrected chi connectivity index (χ0v) is 6.73. The molecular weight excluding hydrogens is 164 g/mol. The largest absolute Gasteiger partial charge is 0.481 e. The van der Waals surface area contributed by atoms with Crippen LogP contribution in [0.15, 0.2) is 0 Å². The summed E-state index contributed by atoms with van der Waals surface area (Å²) in [4.78, 5) is 21.3. The molecule has 0 amide bonds. The lowest BCUT2D eigenvalue weighted by molar-refractivity contribution is -0.150. The van der Waals surface area contributed by atoms with E-state index in [9.17, 15) is 9.59 Å². The second-order valence-electron chi connectivity index (χ2n) is 2.40. The number of aliphatic hydroxyl groups is 2. The van der Waals surface area contributed by atoms with E-state index in [4.69, 9.17) is 15.3 Å². The Balaban J connectivity index is 4.31. The van der Waals surface area contributed by atoms with Crippen LogP contribution in [0, 0.1) is 5.92 Å². The van der Waals surface area contributed by atoms with Crippen molar-refractivity contribution in [3.63, 3.8) is 0 Å². The van der Waals surface area contributed by atoms with E-state index in [2.05, 4.69) is 0 Å². The Hall–Kier alpha value is -0.940. The maximum absolute atomic E-state index is 11.0. The first-order valence-corrected chi connectivity index (χ1v) is 3.60. The van der Waals surface area contributed by atoms with E-state index in [1.807, 2.05) is 0 Å². The van der Waals surface area contributed by atoms with Gasteiger partial charge in [-0.15, -0.1) is 0 Å². The maximum Gasteiger partial charge on any atom is 0.314 e. The van der Waals surface area contributed by atoms with Crippen LogP contribution >= 0.6 is 0 Å². The third-order valence-corrected chi connectivity index (χ3v) is 1.55. The van der Waals surface area contributed by atoms with Crippen LogP contribution < -0.4 is 0 Å². The van der Waals surface area contributed by atoms with Gasteiger partial charge in [0, 0.05) is 0 Å². The minimum atomic E-state index is -1.58. The molecule has 2 unspecified atom stereocenters. The summed E-state index contributed by atoms with van der Waals surface area (Å²) < 4.78 is 0. The molecule has 0 spiro atoms. The van der Waals surface area contributed by atoms with Gasteiger partial charge in [0.1, 0.15) is 12.0 Å². The highest BCUT2D eigenvalue weighted by atomic mass is 16.4. The van der Waals surface area contributed by atoms with Crippen LogP contribution in [0.3, 0.4) is 0 Å². The summed E-state index contributed by atoms with van der Waals surface area (Å²) in [5.41, 5.74) is 0. The Morgan fingerprint density at radius 2 is 1.92 bits per heavy atom. The predicted octanol–water partition coefficient (Wildman–Crippen LogP) is -0.980. The number of carboxylic acids is 1. The quantitative estimate of drug-likeness (QED) is 0.468. The van der Waals surface area contributed by atoms with Crippen LogP contribution in [0.1, 0.15) is 13.3 Å². The van der Waals surface area contributed by atoms with Crippen molar-refractivity contribution in [3.8, 4) is 0 Å². The average molecular weight is 176 g/mol. The van der Waals surface area contributed by atoms with Crippen LogP contribution in [0.2, 0.25) is 0 Å². The van der Waals surface area contributed by atoms with Crippen LogP contribution in [0.25, 0.3) is 0 Å². The van der Waals surface area contributed by atoms with Gasteiger partial charge < -0.3 is 15.3 Å². The summed E-state index contributed by atoms with van der Waals surface area (Å²) in [5, 5.41) is 25.7. The summed E-state index contributed by atoms with van der Waals surface area (Å²) in [6.45, 7) is 0.795. The van der Waals surface area contributed by atoms with Crippen LogP contribution in [-0.2, 0) is 9.59 Å². The van der Waals surface area contributed by atoms with Gasteiger partial charge in [-0.3, -0.25) is 9.59 Å². The van der Waals surface area contributed by atoms with Crippen LogP contribution in [0.4, 0.5) is 0 Å². The molecule has 0 aliphatic rings. The fourth-order valence-electron chi connectivity index (χ4n) is 0.820. The summed E-state index contributed by atoms with van der Waals surface area (Å²) in [6.07, 6.45) is -1.46. The molecule has 0 radical (unpaired) electrons. The topological polar surface area (TPSA) is 94.8 Å². The van der Waals surface area contributed by atoms with Gasteiger partial charge in [-0.25, -0.2) is 0 Å². The van der Waals surface area contributed by atoms with E-state index < -0.39 is 30.4 Å². The molecule has 5 heteroatoms. The Kier molecular flexibility index (Phi) is 4.46. The van der Waals surface area contributed by atoms with Crippen molar-refractivity contribution in [1.29, 1.82) is 0 Å². The zero-order valence-electron chi connectivity index (χ0n) is 6.73. The lowest BCUT2D eigenvalue weighted by Crippen LogP contribution is -2.34. The van der Waals surface area contributed by atoms with Crippen LogP contribution in [0.5, 0.6) is 0 Å². The number of carbonyl (C=O) groups is 2. The SMILES string of the molecule is CCC(C(=O)O)C(=O)C(O)CO. The fraction of sp³-hybridized carbons (Fsp3) is 0.714. The third-order valence-electron chi connectivity index (χ3n) is 1.55. The van der Waals surface area contributed by atoms with E-state index in [-0.39, 0.29) is 6.42 Å². The van der Waals surface area contributed by atoms with Gasteiger partial charge >= 0.3 is 5.97 Å². The number of aliphatic hydroxyl groups excluding tert-OH is 2. The Bertz CT molecular complexity index is 177. The normalized spacial score (nSPS) is 15.2. The monoisotopic (exact) mass is 176 g/mol. The molecule has 0 rings (SSSR count). The molecule has 0 aromatic heterocycles. The second kappa shape index (κ2) is 4.84. The number of carbonyl (C=O) groups excluding carboxylic acids is 1. The first kappa shape index (κ1) is 11.1. The Labute approximate surface area is 69.6 Å². The molecule has 12 heavy (non-hydrogen) atoms. The molecule has 3 N–H and O–H groups in total. The lowest BCUT2D eigenvalue weighted by Gasteiger charge is -2.11. The molecule has 0 saturated heterocycles. The highest BCUT2D eigenvalue weighted by Gasteiger charge is 2.28. The van der Waals surface area contributed by atoms with Gasteiger partial charge in [-0.05, 0) is 6.42 Å². The molecule has 0 aromatic carbocycles. The van der Waals surface area contributed by atoms with Crippen molar-refractivity contribution in [2.45, 2.75) is 19.4 Å². The molecule has 0 fully saturated rings. The zero-order chi connectivity index (χ0) is 9.72. The molecule has 70 valence electrons. The number of aliphatic carboxylic acids is 1. The number of carboxylic acid groups (broad SMARTS) is 1. The van der Waals surface area contributed by atoms with Gasteiger partial charge in [-0.1, -0.05) is 6.92 Å². The first-order chi connectivity index (χ1) is 5.54. The molecule has 0 aliphatic heterocycles. The number of hydrogen-bond acceptors (Lipinski definition) is 4. The number of Topliss-reactive ketones (excluding diaryl/α,β-unsaturated/α-hetero) is 1. The average Bonchev–Trinajstić information content (AvgIpc) is 2.03. The smallest absolute Gasteiger partial charge is 0.314 e. The minimum Gasteiger partial charge on any atom is -0.481 e.